The quantitative estimate of drug-likeness (QED) is 0.113. The molecule has 0 aromatic rings. The van der Waals surface area contributed by atoms with Crippen LogP contribution < -0.4 is 17.2 Å². The first-order chi connectivity index (χ1) is 18.3. The first-order valence-electron chi connectivity index (χ1n) is 11.9. The Kier molecular flexibility index (Phi) is 10.9. The maximum atomic E-state index is 12.8. The molecule has 15 atom stereocenters. The summed E-state index contributed by atoms with van der Waals surface area (Å²) in [4.78, 5) is 11.5. The van der Waals surface area contributed by atoms with Gasteiger partial charge in [0.2, 0.25) is 0 Å². The highest BCUT2D eigenvalue weighted by molar-refractivity contribution is 5.71. The second kappa shape index (κ2) is 13.2. The molecule has 14 N–H and O–H groups in total. The number of aliphatic hydroxyl groups excluding tert-OH is 8. The van der Waals surface area contributed by atoms with E-state index in [0.29, 0.717) is 0 Å². The molecule has 0 radical (unpaired) electrons. The van der Waals surface area contributed by atoms with E-state index in [1.807, 2.05) is 0 Å². The van der Waals surface area contributed by atoms with E-state index in [0.717, 1.165) is 0 Å². The molecule has 3 saturated heterocycles. The molecule has 0 spiro atoms. The standard InChI is InChI=1S/C20H36FN3O15/c21-1-7(28)38-20(4-27)16(32)13(31)10(24)19(39-20)37-15-6(3-26)35-18(9(23)12(15)30)36-14-5(2-25)34-17(33)8(22)11(14)29/h5-6,8-19,25-27,29-33H,1-4,22-24H2/t5-,6-,8-,9-,10-,11-,12-,13-,14?,15?,16+,17-,18+,19+,20+/m1/s1. The zero-order chi connectivity index (χ0) is 29.2. The number of hydrogen-bond acceptors (Lipinski definition) is 18. The fraction of sp³-hybridized carbons (Fsp3) is 0.950. The smallest absolute Gasteiger partial charge is 0.340 e. The van der Waals surface area contributed by atoms with Crippen LogP contribution in [0.4, 0.5) is 4.39 Å². The predicted molar refractivity (Wildman–Crippen MR) is 118 cm³/mol. The fourth-order valence-corrected chi connectivity index (χ4v) is 4.52. The summed E-state index contributed by atoms with van der Waals surface area (Å²) in [7, 11) is 0. The van der Waals surface area contributed by atoms with Crippen molar-refractivity contribution in [3.63, 3.8) is 0 Å². The van der Waals surface area contributed by atoms with Gasteiger partial charge in [0.25, 0.3) is 5.79 Å². The summed E-state index contributed by atoms with van der Waals surface area (Å²) >= 11 is 0. The molecule has 3 heterocycles. The fourth-order valence-electron chi connectivity index (χ4n) is 4.52. The molecule has 3 aliphatic heterocycles. The van der Waals surface area contributed by atoms with E-state index in [4.69, 9.17) is 40.9 Å². The summed E-state index contributed by atoms with van der Waals surface area (Å²) < 4.78 is 44.7. The second-order valence-electron chi connectivity index (χ2n) is 9.39. The van der Waals surface area contributed by atoms with Crippen LogP contribution in [0.1, 0.15) is 0 Å². The van der Waals surface area contributed by atoms with E-state index in [2.05, 4.69) is 4.74 Å². The van der Waals surface area contributed by atoms with Crippen molar-refractivity contribution < 1.29 is 78.5 Å². The predicted octanol–water partition coefficient (Wildman–Crippen LogP) is -7.83. The summed E-state index contributed by atoms with van der Waals surface area (Å²) in [6, 6.07) is -4.40. The van der Waals surface area contributed by atoms with E-state index in [9.17, 15) is 50.0 Å². The minimum absolute atomic E-state index is 0.712. The number of carbonyl (C=O) groups excluding carboxylic acids is 1. The SMILES string of the molecule is N[C@H]1[C@@H](OC2[C@@H](CO)O[C@@H](OC3[C@@H](CO)O[C@@H](O)[C@H](N)[C@H]3O)[C@H](N)[C@H]2O)O[C@](CO)(OC(=O)CF)[C@@H](O)[C@@H]1O. The maximum absolute atomic E-state index is 12.8. The monoisotopic (exact) mass is 577 g/mol. The van der Waals surface area contributed by atoms with Crippen LogP contribution in [0.3, 0.4) is 0 Å². The topological polar surface area (TPSA) is 312 Å². The Morgan fingerprint density at radius 3 is 1.85 bits per heavy atom. The van der Waals surface area contributed by atoms with Gasteiger partial charge in [-0.1, -0.05) is 0 Å². The van der Waals surface area contributed by atoms with Gasteiger partial charge in [0.1, 0.15) is 55.4 Å². The number of ether oxygens (including phenoxy) is 6. The van der Waals surface area contributed by atoms with Crippen molar-refractivity contribution in [2.24, 2.45) is 17.2 Å². The number of rotatable bonds is 9. The van der Waals surface area contributed by atoms with E-state index < -0.39 is 124 Å². The minimum Gasteiger partial charge on any atom is -0.425 e. The molecule has 0 saturated carbocycles. The number of esters is 1. The first-order valence-corrected chi connectivity index (χ1v) is 11.9. The lowest BCUT2D eigenvalue weighted by Gasteiger charge is -2.50. The van der Waals surface area contributed by atoms with Gasteiger partial charge in [0, 0.05) is 0 Å². The van der Waals surface area contributed by atoms with Gasteiger partial charge >= 0.3 is 5.97 Å². The van der Waals surface area contributed by atoms with E-state index in [1.54, 1.807) is 0 Å². The van der Waals surface area contributed by atoms with Crippen molar-refractivity contribution in [1.82, 2.24) is 0 Å². The van der Waals surface area contributed by atoms with Crippen molar-refractivity contribution in [2.75, 3.05) is 26.5 Å². The number of carbonyl (C=O) groups is 1. The number of hydrogen-bond donors (Lipinski definition) is 11. The first kappa shape index (κ1) is 32.3. The van der Waals surface area contributed by atoms with Gasteiger partial charge in [-0.25, -0.2) is 9.18 Å². The lowest BCUT2D eigenvalue weighted by molar-refractivity contribution is -0.399. The van der Waals surface area contributed by atoms with Crippen LogP contribution in [0.15, 0.2) is 0 Å². The molecule has 3 aliphatic rings. The highest BCUT2D eigenvalue weighted by atomic mass is 19.1. The summed E-state index contributed by atoms with van der Waals surface area (Å²) in [5.41, 5.74) is 17.6. The third kappa shape index (κ3) is 6.33. The van der Waals surface area contributed by atoms with Crippen LogP contribution in [0, 0.1) is 0 Å². The zero-order valence-electron chi connectivity index (χ0n) is 20.5. The van der Waals surface area contributed by atoms with Crippen LogP contribution in [-0.4, -0.2) is 165 Å². The molecule has 3 fully saturated rings. The van der Waals surface area contributed by atoms with Crippen LogP contribution in [-0.2, 0) is 33.2 Å². The van der Waals surface area contributed by atoms with Gasteiger partial charge in [-0.3, -0.25) is 0 Å². The molecular weight excluding hydrogens is 541 g/mol. The summed E-state index contributed by atoms with van der Waals surface area (Å²) in [6.07, 6.45) is -18.1. The summed E-state index contributed by atoms with van der Waals surface area (Å²) in [5, 5.41) is 81.0. The van der Waals surface area contributed by atoms with Crippen molar-refractivity contribution in [1.29, 1.82) is 0 Å². The van der Waals surface area contributed by atoms with Gasteiger partial charge in [0.05, 0.1) is 31.3 Å². The molecule has 0 aromatic heterocycles. The molecule has 228 valence electrons. The van der Waals surface area contributed by atoms with Gasteiger partial charge < -0.3 is 86.5 Å². The number of halogens is 1. The molecule has 0 aromatic carbocycles. The van der Waals surface area contributed by atoms with Gasteiger partial charge in [0.15, 0.2) is 25.5 Å². The van der Waals surface area contributed by atoms with E-state index in [1.165, 1.54) is 0 Å². The van der Waals surface area contributed by atoms with Crippen LogP contribution >= 0.6 is 0 Å². The number of alkyl halides is 1. The van der Waals surface area contributed by atoms with Crippen LogP contribution in [0.25, 0.3) is 0 Å². The highest BCUT2D eigenvalue weighted by Gasteiger charge is 2.58. The Balaban J connectivity index is 1.78. The Hall–Kier alpha value is -1.24. The third-order valence-corrected chi connectivity index (χ3v) is 6.82. The highest BCUT2D eigenvalue weighted by Crippen LogP contribution is 2.34. The van der Waals surface area contributed by atoms with Crippen molar-refractivity contribution in [3.05, 3.63) is 0 Å². The molecule has 2 unspecified atom stereocenters. The molecule has 0 amide bonds. The average Bonchev–Trinajstić information content (AvgIpc) is 2.93. The van der Waals surface area contributed by atoms with Gasteiger partial charge in [-0.15, -0.1) is 0 Å². The average molecular weight is 578 g/mol. The van der Waals surface area contributed by atoms with Crippen LogP contribution in [0.2, 0.25) is 0 Å². The zero-order valence-corrected chi connectivity index (χ0v) is 20.5. The third-order valence-electron chi connectivity index (χ3n) is 6.82. The lowest BCUT2D eigenvalue weighted by atomic mass is 9.93. The molecule has 0 aliphatic carbocycles. The van der Waals surface area contributed by atoms with Crippen molar-refractivity contribution in [2.45, 2.75) is 91.6 Å². The Labute approximate surface area is 220 Å². The molecular formula is C20H36FN3O15. The lowest BCUT2D eigenvalue weighted by Crippen LogP contribution is -2.72. The molecule has 18 nitrogen and oxygen atoms in total. The molecule has 0 bridgehead atoms. The normalized spacial score (nSPS) is 49.0. The summed E-state index contributed by atoms with van der Waals surface area (Å²) in [5.74, 6) is -4.26. The molecule has 39 heavy (non-hydrogen) atoms. The van der Waals surface area contributed by atoms with Gasteiger partial charge in [-0.2, -0.15) is 0 Å². The number of aliphatic hydroxyl groups is 8. The van der Waals surface area contributed by atoms with E-state index >= 15 is 0 Å². The Bertz CT molecular complexity index is 816. The summed E-state index contributed by atoms with van der Waals surface area (Å²) in [6.45, 7) is -4.48. The minimum atomic E-state index is -2.70. The van der Waals surface area contributed by atoms with E-state index in [-0.39, 0.29) is 0 Å². The molecule has 3 rings (SSSR count). The second-order valence-corrected chi connectivity index (χ2v) is 9.39. The van der Waals surface area contributed by atoms with Crippen LogP contribution in [0.5, 0.6) is 0 Å². The van der Waals surface area contributed by atoms with Gasteiger partial charge in [-0.05, 0) is 0 Å². The van der Waals surface area contributed by atoms with Crippen molar-refractivity contribution >= 4 is 5.97 Å². The van der Waals surface area contributed by atoms with Crippen molar-refractivity contribution in [3.8, 4) is 0 Å². The Morgan fingerprint density at radius 2 is 1.31 bits per heavy atom. The molecule has 19 heteroatoms. The Morgan fingerprint density at radius 1 is 0.795 bits per heavy atom. The number of nitrogens with two attached hydrogens (primary N) is 3. The maximum Gasteiger partial charge on any atom is 0.340 e. The largest absolute Gasteiger partial charge is 0.425 e.